The molecule has 3 aliphatic heterocycles. The quantitative estimate of drug-likeness (QED) is 0.0667. The molecule has 3 fully saturated rings. The fourth-order valence-electron chi connectivity index (χ4n) is 8.53. The highest BCUT2D eigenvalue weighted by Crippen LogP contribution is 2.38. The topological polar surface area (TPSA) is 235 Å². The molecule has 0 aliphatic carbocycles. The number of likely N-dealkylation sites (N-methyl/N-ethyl adjacent to an activating group) is 1. The first-order chi connectivity index (χ1) is 27.2. The smallest absolute Gasteiger partial charge is 0.309 e. The lowest BCUT2D eigenvalue weighted by atomic mass is 9.81. The van der Waals surface area contributed by atoms with E-state index in [0.717, 1.165) is 6.29 Å². The monoisotopic (exact) mass is 828 g/mol. The maximum absolute atomic E-state index is 13.3. The number of carbonyl (C=O) groups excluding carboxylic acids is 4. The summed E-state index contributed by atoms with van der Waals surface area (Å²) in [6, 6.07) is -1.24. The summed E-state index contributed by atoms with van der Waals surface area (Å²) in [6.07, 6.45) is -8.62. The number of methoxy groups -OCH3 is 1. The van der Waals surface area contributed by atoms with E-state index in [0.29, 0.717) is 25.7 Å². The molecule has 16 atom stereocenters. The van der Waals surface area contributed by atoms with Gasteiger partial charge in [0, 0.05) is 44.2 Å². The van der Waals surface area contributed by atoms with Crippen LogP contribution in [-0.4, -0.2) is 146 Å². The summed E-state index contributed by atoms with van der Waals surface area (Å²) in [4.78, 5) is 55.4. The first kappa shape index (κ1) is 49.4. The number of azide groups is 1. The highest BCUT2D eigenvalue weighted by Gasteiger charge is 2.53. The molecular formula is C40H68N4O14. The molecule has 0 radical (unpaired) electrons. The number of ether oxygens (including phenoxy) is 8. The number of nitrogens with zero attached hydrogens (tertiary/aromatic N) is 4. The van der Waals surface area contributed by atoms with Crippen molar-refractivity contribution in [1.82, 2.24) is 4.90 Å². The Hall–Kier alpha value is -2.93. The zero-order valence-electron chi connectivity index (χ0n) is 36.1. The van der Waals surface area contributed by atoms with Gasteiger partial charge in [0.1, 0.15) is 36.3 Å². The molecule has 3 saturated heterocycles. The maximum Gasteiger partial charge on any atom is 0.309 e. The number of hydrogen-bond acceptors (Lipinski definition) is 16. The fraction of sp³-hybridized carbons (Fsp3) is 0.900. The highest BCUT2D eigenvalue weighted by molar-refractivity contribution is 5.72. The third-order valence-corrected chi connectivity index (χ3v) is 11.3. The Kier molecular flexibility index (Phi) is 19.3. The summed E-state index contributed by atoms with van der Waals surface area (Å²) >= 11 is 0. The van der Waals surface area contributed by atoms with E-state index in [9.17, 15) is 34.9 Å². The Morgan fingerprint density at radius 1 is 1.07 bits per heavy atom. The molecule has 18 heteroatoms. The second-order valence-corrected chi connectivity index (χ2v) is 17.1. The van der Waals surface area contributed by atoms with Crippen LogP contribution >= 0.6 is 0 Å². The maximum atomic E-state index is 13.3. The van der Waals surface area contributed by atoms with Crippen molar-refractivity contribution >= 4 is 24.2 Å². The second kappa shape index (κ2) is 22.6. The minimum absolute atomic E-state index is 0.0465. The molecule has 0 aromatic heterocycles. The summed E-state index contributed by atoms with van der Waals surface area (Å²) < 4.78 is 48.6. The van der Waals surface area contributed by atoms with Gasteiger partial charge in [-0.2, -0.15) is 0 Å². The van der Waals surface area contributed by atoms with Crippen LogP contribution in [0.3, 0.4) is 0 Å². The van der Waals surface area contributed by atoms with E-state index in [-0.39, 0.29) is 37.5 Å². The first-order valence-corrected chi connectivity index (χ1v) is 20.5. The fourth-order valence-corrected chi connectivity index (χ4v) is 8.53. The lowest BCUT2D eigenvalue weighted by molar-refractivity contribution is -0.344. The van der Waals surface area contributed by atoms with E-state index in [1.807, 2.05) is 20.8 Å². The van der Waals surface area contributed by atoms with Crippen LogP contribution in [0.1, 0.15) is 107 Å². The van der Waals surface area contributed by atoms with Gasteiger partial charge in [-0.15, -0.1) is 0 Å². The van der Waals surface area contributed by atoms with Crippen molar-refractivity contribution in [1.29, 1.82) is 0 Å². The van der Waals surface area contributed by atoms with Crippen molar-refractivity contribution in [2.45, 2.75) is 192 Å². The largest absolute Gasteiger partial charge is 0.463 e. The Morgan fingerprint density at radius 3 is 2.33 bits per heavy atom. The van der Waals surface area contributed by atoms with Gasteiger partial charge in [-0.05, 0) is 90.8 Å². The number of esters is 3. The van der Waals surface area contributed by atoms with Gasteiger partial charge in [0.15, 0.2) is 18.7 Å². The van der Waals surface area contributed by atoms with Crippen molar-refractivity contribution in [3.8, 4) is 0 Å². The van der Waals surface area contributed by atoms with Gasteiger partial charge in [0.2, 0.25) is 0 Å². The molecule has 3 aliphatic rings. The predicted molar refractivity (Wildman–Crippen MR) is 208 cm³/mol. The van der Waals surface area contributed by atoms with Gasteiger partial charge in [-0.1, -0.05) is 25.9 Å². The number of hydrogen-bond donors (Lipinski definition) is 2. The minimum atomic E-state index is -1.50. The van der Waals surface area contributed by atoms with Crippen LogP contribution in [0.5, 0.6) is 0 Å². The van der Waals surface area contributed by atoms with Gasteiger partial charge in [0.05, 0.1) is 36.9 Å². The summed E-state index contributed by atoms with van der Waals surface area (Å²) in [5.41, 5.74) is 7.93. The van der Waals surface area contributed by atoms with E-state index >= 15 is 0 Å². The molecule has 0 aromatic rings. The zero-order chi connectivity index (χ0) is 43.5. The van der Waals surface area contributed by atoms with Crippen LogP contribution in [0.15, 0.2) is 5.11 Å². The minimum Gasteiger partial charge on any atom is -0.463 e. The normalized spacial score (nSPS) is 39.5. The molecule has 2 N–H and O–H groups in total. The molecule has 0 saturated carbocycles. The summed E-state index contributed by atoms with van der Waals surface area (Å²) in [5, 5.41) is 27.6. The Bertz CT molecular complexity index is 1390. The molecule has 0 spiro atoms. The first-order valence-electron chi connectivity index (χ1n) is 20.5. The van der Waals surface area contributed by atoms with Gasteiger partial charge in [-0.3, -0.25) is 14.4 Å². The standard InChI is InChI=1S/C40H68N4O14/c1-21(2)17-30(47)56-38-25(6)53-32(20-40(38,8)50)57-35-24(5)54-39(34(49)33(35)44(9)10)58-36-27(15-16-45)18-22(3)28(42-43-41)14-12-13-23(4)52-31(48)19-29(37(36)51-11)55-26(7)46/h16,21-25,27-29,32-39,49-50H,12-15,17-20H2,1-11H3/t22-,23-,24-,25+,27+,28+,29-,32+,33-,34-,35-,36+,37+,38+,39+,40-/m1/s1. The van der Waals surface area contributed by atoms with Crippen LogP contribution in [-0.2, 0) is 57.1 Å². The molecule has 18 nitrogen and oxygen atoms in total. The van der Waals surface area contributed by atoms with E-state index < -0.39 is 109 Å². The zero-order valence-corrected chi connectivity index (χ0v) is 36.1. The Morgan fingerprint density at radius 2 is 1.76 bits per heavy atom. The van der Waals surface area contributed by atoms with Gasteiger partial charge in [0.25, 0.3) is 0 Å². The number of carbonyl (C=O) groups is 4. The van der Waals surface area contributed by atoms with Crippen molar-refractivity contribution < 1.29 is 67.3 Å². The van der Waals surface area contributed by atoms with Gasteiger partial charge in [-0.25, -0.2) is 0 Å². The van der Waals surface area contributed by atoms with Gasteiger partial charge < -0.3 is 57.8 Å². The van der Waals surface area contributed by atoms with Crippen molar-refractivity contribution in [2.75, 3.05) is 21.2 Å². The summed E-state index contributed by atoms with van der Waals surface area (Å²) in [5.74, 6) is -2.62. The van der Waals surface area contributed by atoms with E-state index in [1.54, 1.807) is 46.7 Å². The molecule has 0 aromatic carbocycles. The lowest BCUT2D eigenvalue weighted by Gasteiger charge is -2.50. The molecule has 58 heavy (non-hydrogen) atoms. The number of aliphatic hydroxyl groups is 2. The molecule has 3 rings (SSSR count). The average molecular weight is 829 g/mol. The van der Waals surface area contributed by atoms with Crippen LogP contribution in [0.2, 0.25) is 0 Å². The van der Waals surface area contributed by atoms with Crippen molar-refractivity contribution in [3.63, 3.8) is 0 Å². The lowest BCUT2D eigenvalue weighted by Crippen LogP contribution is -2.66. The summed E-state index contributed by atoms with van der Waals surface area (Å²) in [6.45, 7) is 13.6. The SMILES string of the molecule is CO[C@@H]1[C@@H](O[C@@H]2O[C@H](C)[C@@H](O[C@H]3C[C@@](C)(O)[C@@H](OC(=O)CC(C)C)[C@H](C)O3)[C@H](N(C)C)[C@H]2O)[C@@H](CC=O)C[C@@H](C)[C@@H](N=[N+]=[N-])CCC[C@@H](C)OC(=O)C[C@H]1OC(C)=O. The van der Waals surface area contributed by atoms with Crippen LogP contribution in [0.4, 0.5) is 0 Å². The number of aliphatic hydroxyl groups excluding tert-OH is 1. The Labute approximate surface area is 342 Å². The van der Waals surface area contributed by atoms with E-state index in [2.05, 4.69) is 10.0 Å². The molecule has 0 unspecified atom stereocenters. The molecular weight excluding hydrogens is 760 g/mol. The van der Waals surface area contributed by atoms with E-state index in [4.69, 9.17) is 37.9 Å². The predicted octanol–water partition coefficient (Wildman–Crippen LogP) is 4.00. The van der Waals surface area contributed by atoms with Crippen molar-refractivity contribution in [2.24, 2.45) is 22.9 Å². The molecule has 332 valence electrons. The third-order valence-electron chi connectivity index (χ3n) is 11.3. The van der Waals surface area contributed by atoms with Crippen LogP contribution in [0, 0.1) is 17.8 Å². The third kappa shape index (κ3) is 13.8. The van der Waals surface area contributed by atoms with Crippen LogP contribution in [0.25, 0.3) is 10.4 Å². The Balaban J connectivity index is 1.98. The summed E-state index contributed by atoms with van der Waals surface area (Å²) in [7, 11) is 4.86. The average Bonchev–Trinajstić information content (AvgIpc) is 3.09. The van der Waals surface area contributed by atoms with Crippen molar-refractivity contribution in [3.05, 3.63) is 10.4 Å². The van der Waals surface area contributed by atoms with Crippen LogP contribution < -0.4 is 0 Å². The number of aldehydes is 1. The van der Waals surface area contributed by atoms with E-state index in [1.165, 1.54) is 14.0 Å². The molecule has 3 heterocycles. The molecule has 0 amide bonds. The molecule has 0 bridgehead atoms. The number of cyclic esters (lactones) is 1. The number of rotatable bonds is 13. The second-order valence-electron chi connectivity index (χ2n) is 17.1. The highest BCUT2D eigenvalue weighted by atomic mass is 16.7. The van der Waals surface area contributed by atoms with Gasteiger partial charge >= 0.3 is 17.9 Å².